The van der Waals surface area contributed by atoms with E-state index in [1.165, 1.54) is 0 Å². The fourth-order valence-corrected chi connectivity index (χ4v) is 2.77. The third-order valence-corrected chi connectivity index (χ3v) is 3.98. The van der Waals surface area contributed by atoms with Crippen molar-refractivity contribution in [1.82, 2.24) is 9.88 Å². The molecule has 1 aliphatic heterocycles. The molecule has 0 bridgehead atoms. The maximum Gasteiger partial charge on any atom is 0.338 e. The molecule has 0 spiro atoms. The molecule has 0 saturated carbocycles. The van der Waals surface area contributed by atoms with Crippen LogP contribution in [0.1, 0.15) is 45.0 Å². The van der Waals surface area contributed by atoms with Gasteiger partial charge in [-0.3, -0.25) is 4.90 Å². The number of carbonyl (C=O) groups is 1. The van der Waals surface area contributed by atoms with Gasteiger partial charge in [-0.25, -0.2) is 9.78 Å². The highest BCUT2D eigenvalue weighted by molar-refractivity contribution is 6.29. The topological polar surface area (TPSA) is 45.7 Å². The molecule has 1 aromatic rings. The number of carbonyl (C=O) groups excluding carboxylic acids is 1. The number of esters is 1. The van der Waals surface area contributed by atoms with Crippen LogP contribution in [0.3, 0.4) is 0 Å². The molecule has 1 aromatic heterocycles. The Morgan fingerprint density at radius 2 is 1.83 bits per heavy atom. The Balaban J connectivity index is 2.13. The summed E-state index contributed by atoms with van der Waals surface area (Å²) < 4.78 is 5.42. The van der Waals surface area contributed by atoms with E-state index in [1.54, 1.807) is 12.1 Å². The predicted molar refractivity (Wildman–Crippen MR) is 93.3 cm³/mol. The van der Waals surface area contributed by atoms with Crippen LogP contribution in [0, 0.1) is 0 Å². The first kappa shape index (κ1) is 18.0. The van der Waals surface area contributed by atoms with Crippen LogP contribution in [0.5, 0.6) is 0 Å². The molecule has 128 valence electrons. The fraction of sp³-hybridized carbons (Fsp3) is 0.647. The number of pyridine rings is 1. The normalized spacial score (nSPS) is 16.7. The molecule has 6 heteroatoms. The van der Waals surface area contributed by atoms with Crippen molar-refractivity contribution in [3.8, 4) is 0 Å². The van der Waals surface area contributed by atoms with E-state index in [4.69, 9.17) is 16.3 Å². The quantitative estimate of drug-likeness (QED) is 0.625. The molecule has 0 aromatic carbocycles. The third-order valence-electron chi connectivity index (χ3n) is 3.78. The lowest BCUT2D eigenvalue weighted by Gasteiger charge is -2.37. The molecule has 0 N–H and O–H groups in total. The van der Waals surface area contributed by atoms with E-state index in [0.717, 1.165) is 32.0 Å². The van der Waals surface area contributed by atoms with E-state index in [9.17, 15) is 4.79 Å². The molecule has 1 fully saturated rings. The first-order chi connectivity index (χ1) is 10.7. The number of aromatic nitrogens is 1. The zero-order valence-electron chi connectivity index (χ0n) is 14.6. The number of piperazine rings is 1. The van der Waals surface area contributed by atoms with Crippen molar-refractivity contribution in [3.63, 3.8) is 0 Å². The maximum absolute atomic E-state index is 12.3. The summed E-state index contributed by atoms with van der Waals surface area (Å²) in [6.07, 6.45) is 0. The Morgan fingerprint density at radius 3 is 2.35 bits per heavy atom. The van der Waals surface area contributed by atoms with Crippen molar-refractivity contribution in [3.05, 3.63) is 22.8 Å². The Bertz CT molecular complexity index is 561. The van der Waals surface area contributed by atoms with Crippen LogP contribution < -0.4 is 4.90 Å². The summed E-state index contributed by atoms with van der Waals surface area (Å²) in [4.78, 5) is 21.2. The molecule has 2 rings (SSSR count). The van der Waals surface area contributed by atoms with Gasteiger partial charge in [0.15, 0.2) is 0 Å². The van der Waals surface area contributed by atoms with Crippen molar-refractivity contribution in [1.29, 1.82) is 0 Å². The maximum atomic E-state index is 12.3. The monoisotopic (exact) mass is 339 g/mol. The molecule has 0 amide bonds. The van der Waals surface area contributed by atoms with Gasteiger partial charge in [-0.2, -0.15) is 0 Å². The molecule has 23 heavy (non-hydrogen) atoms. The Kier molecular flexibility index (Phi) is 5.53. The molecule has 2 heterocycles. The van der Waals surface area contributed by atoms with Gasteiger partial charge in [0.2, 0.25) is 0 Å². The minimum Gasteiger partial charge on any atom is -0.456 e. The molecule has 0 unspecified atom stereocenters. The van der Waals surface area contributed by atoms with Gasteiger partial charge in [0, 0.05) is 32.2 Å². The molecule has 1 aliphatic rings. The van der Waals surface area contributed by atoms with Gasteiger partial charge < -0.3 is 9.64 Å². The van der Waals surface area contributed by atoms with Crippen LogP contribution in [0.2, 0.25) is 5.15 Å². The van der Waals surface area contributed by atoms with Gasteiger partial charge in [-0.05, 0) is 46.8 Å². The SMILES string of the molecule is CC(C)N1CCN(c2cc(C(=O)OC(C)(C)C)cc(Cl)n2)CC1. The van der Waals surface area contributed by atoms with E-state index in [1.807, 2.05) is 20.8 Å². The van der Waals surface area contributed by atoms with E-state index in [0.29, 0.717) is 16.8 Å². The first-order valence-electron chi connectivity index (χ1n) is 8.05. The number of rotatable bonds is 3. The van der Waals surface area contributed by atoms with Crippen molar-refractivity contribution in [2.75, 3.05) is 31.1 Å². The lowest BCUT2D eigenvalue weighted by molar-refractivity contribution is 0.00694. The molecule has 0 radical (unpaired) electrons. The standard InChI is InChI=1S/C17H26ClN3O2/c1-12(2)20-6-8-21(9-7-20)15-11-13(10-14(18)19-15)16(22)23-17(3,4)5/h10-12H,6-9H2,1-5H3. The van der Waals surface area contributed by atoms with Gasteiger partial charge in [-0.15, -0.1) is 0 Å². The summed E-state index contributed by atoms with van der Waals surface area (Å²) in [5.74, 6) is 0.366. The second kappa shape index (κ2) is 7.05. The number of hydrogen-bond acceptors (Lipinski definition) is 5. The highest BCUT2D eigenvalue weighted by Crippen LogP contribution is 2.22. The minimum atomic E-state index is -0.532. The average Bonchev–Trinajstić information content (AvgIpc) is 2.45. The molecule has 5 nitrogen and oxygen atoms in total. The smallest absolute Gasteiger partial charge is 0.338 e. The highest BCUT2D eigenvalue weighted by Gasteiger charge is 2.23. The lowest BCUT2D eigenvalue weighted by atomic mass is 10.2. The summed E-state index contributed by atoms with van der Waals surface area (Å²) in [5, 5.41) is 0.314. The molecule has 0 aliphatic carbocycles. The summed E-state index contributed by atoms with van der Waals surface area (Å²) in [6, 6.07) is 3.87. The first-order valence-corrected chi connectivity index (χ1v) is 8.43. The van der Waals surface area contributed by atoms with Gasteiger partial charge in [0.1, 0.15) is 16.6 Å². The van der Waals surface area contributed by atoms with Crippen molar-refractivity contribution in [2.45, 2.75) is 46.3 Å². The molecular formula is C17H26ClN3O2. The second-order valence-electron chi connectivity index (χ2n) is 7.16. The minimum absolute atomic E-state index is 0.314. The van der Waals surface area contributed by atoms with E-state index < -0.39 is 5.60 Å². The van der Waals surface area contributed by atoms with E-state index >= 15 is 0 Å². The second-order valence-corrected chi connectivity index (χ2v) is 7.54. The van der Waals surface area contributed by atoms with Gasteiger partial charge in [0.05, 0.1) is 5.56 Å². The highest BCUT2D eigenvalue weighted by atomic mass is 35.5. The van der Waals surface area contributed by atoms with Crippen molar-refractivity contribution in [2.24, 2.45) is 0 Å². The van der Waals surface area contributed by atoms with Crippen LogP contribution in [0.25, 0.3) is 0 Å². The van der Waals surface area contributed by atoms with Crippen LogP contribution in [-0.4, -0.2) is 53.7 Å². The number of anilines is 1. The summed E-state index contributed by atoms with van der Waals surface area (Å²) in [5.41, 5.74) is -0.0863. The average molecular weight is 340 g/mol. The van der Waals surface area contributed by atoms with Crippen molar-refractivity contribution >= 4 is 23.4 Å². The van der Waals surface area contributed by atoms with Crippen molar-refractivity contribution < 1.29 is 9.53 Å². The molecule has 1 saturated heterocycles. The fourth-order valence-electron chi connectivity index (χ4n) is 2.57. The predicted octanol–water partition coefficient (Wildman–Crippen LogP) is 3.22. The third kappa shape index (κ3) is 5.08. The molecular weight excluding hydrogens is 314 g/mol. The number of halogens is 1. The molecule has 0 atom stereocenters. The van der Waals surface area contributed by atoms with Gasteiger partial charge in [0.25, 0.3) is 0 Å². The Morgan fingerprint density at radius 1 is 1.22 bits per heavy atom. The Labute approximate surface area is 143 Å². The van der Waals surface area contributed by atoms with Crippen LogP contribution in [0.4, 0.5) is 5.82 Å². The van der Waals surface area contributed by atoms with Crippen LogP contribution in [-0.2, 0) is 4.74 Å². The van der Waals surface area contributed by atoms with E-state index in [-0.39, 0.29) is 5.97 Å². The Hall–Kier alpha value is -1.33. The van der Waals surface area contributed by atoms with Gasteiger partial charge in [-0.1, -0.05) is 11.6 Å². The van der Waals surface area contributed by atoms with Gasteiger partial charge >= 0.3 is 5.97 Å². The van der Waals surface area contributed by atoms with E-state index in [2.05, 4.69) is 28.6 Å². The summed E-state index contributed by atoms with van der Waals surface area (Å²) in [6.45, 7) is 13.7. The van der Waals surface area contributed by atoms with Crippen LogP contribution in [0.15, 0.2) is 12.1 Å². The number of nitrogens with zero attached hydrogens (tertiary/aromatic N) is 3. The summed E-state index contributed by atoms with van der Waals surface area (Å²) in [7, 11) is 0. The van der Waals surface area contributed by atoms with Crippen LogP contribution >= 0.6 is 11.6 Å². The zero-order valence-corrected chi connectivity index (χ0v) is 15.4. The number of ether oxygens (including phenoxy) is 1. The summed E-state index contributed by atoms with van der Waals surface area (Å²) >= 11 is 6.11. The number of hydrogen-bond donors (Lipinski definition) is 0. The largest absolute Gasteiger partial charge is 0.456 e. The zero-order chi connectivity index (χ0) is 17.2. The lowest BCUT2D eigenvalue weighted by Crippen LogP contribution is -2.49.